The number of aryl methyl sites for hydroxylation is 1. The van der Waals surface area contributed by atoms with E-state index < -0.39 is 23.2 Å². The number of pyridine rings is 1. The van der Waals surface area contributed by atoms with E-state index in [9.17, 15) is 23.6 Å². The summed E-state index contributed by atoms with van der Waals surface area (Å²) >= 11 is 0. The highest BCUT2D eigenvalue weighted by atomic mass is 19.1. The lowest BCUT2D eigenvalue weighted by Crippen LogP contribution is -2.33. The predicted molar refractivity (Wildman–Crippen MR) is 114 cm³/mol. The molecule has 1 fully saturated rings. The summed E-state index contributed by atoms with van der Waals surface area (Å²) in [5.74, 6) is -2.08. The summed E-state index contributed by atoms with van der Waals surface area (Å²) in [7, 11) is 1.51. The number of hydrogen-bond acceptors (Lipinski definition) is 4. The van der Waals surface area contributed by atoms with Crippen LogP contribution < -0.4 is 15.8 Å². The summed E-state index contributed by atoms with van der Waals surface area (Å²) in [5.41, 5.74) is 0.323. The maximum absolute atomic E-state index is 13.1. The van der Waals surface area contributed by atoms with E-state index in [0.717, 1.165) is 0 Å². The molecule has 9 heteroatoms. The topological polar surface area (TPSA) is 91.7 Å². The third-order valence-electron chi connectivity index (χ3n) is 5.37. The average molecular weight is 428 g/mol. The first-order chi connectivity index (χ1) is 14.7. The third kappa shape index (κ3) is 4.65. The Hall–Kier alpha value is -3.49. The number of anilines is 2. The van der Waals surface area contributed by atoms with Gasteiger partial charge in [-0.2, -0.15) is 0 Å². The molecule has 31 heavy (non-hydrogen) atoms. The van der Waals surface area contributed by atoms with Gasteiger partial charge in [0.05, 0.1) is 11.5 Å². The Morgan fingerprint density at radius 3 is 2.42 bits per heavy atom. The Morgan fingerprint density at radius 1 is 1.16 bits per heavy atom. The second-order valence-electron chi connectivity index (χ2n) is 7.41. The van der Waals surface area contributed by atoms with Crippen molar-refractivity contribution in [3.63, 3.8) is 0 Å². The van der Waals surface area contributed by atoms with Gasteiger partial charge in [-0.05, 0) is 44.2 Å². The molecule has 0 saturated carbocycles. The predicted octanol–water partition coefficient (Wildman–Crippen LogP) is 2.00. The molecule has 1 N–H and O–H groups in total. The number of carbonyl (C=O) groups excluding carboxylic acids is 3. The molecule has 0 spiro atoms. The first-order valence-corrected chi connectivity index (χ1v) is 10.1. The third-order valence-corrected chi connectivity index (χ3v) is 5.37. The summed E-state index contributed by atoms with van der Waals surface area (Å²) in [6.45, 7) is 4.87. The van der Waals surface area contributed by atoms with Crippen LogP contribution >= 0.6 is 0 Å². The van der Waals surface area contributed by atoms with Crippen molar-refractivity contribution in [2.45, 2.75) is 20.3 Å². The summed E-state index contributed by atoms with van der Waals surface area (Å²) < 4.78 is 14.4. The molecule has 1 unspecified atom stereocenters. The van der Waals surface area contributed by atoms with E-state index in [-0.39, 0.29) is 36.0 Å². The molecule has 3 amide bonds. The van der Waals surface area contributed by atoms with Crippen LogP contribution in [0.25, 0.3) is 0 Å². The van der Waals surface area contributed by atoms with Crippen LogP contribution in [0.5, 0.6) is 0 Å². The molecule has 1 aliphatic rings. The van der Waals surface area contributed by atoms with E-state index in [1.165, 1.54) is 53.0 Å². The van der Waals surface area contributed by atoms with E-state index >= 15 is 0 Å². The van der Waals surface area contributed by atoms with E-state index in [1.807, 2.05) is 13.8 Å². The Morgan fingerprint density at radius 2 is 1.81 bits per heavy atom. The van der Waals surface area contributed by atoms with Gasteiger partial charge in [0.1, 0.15) is 11.5 Å². The fourth-order valence-corrected chi connectivity index (χ4v) is 3.60. The number of nitrogens with one attached hydrogen (secondary N) is 1. The van der Waals surface area contributed by atoms with Crippen LogP contribution in [0.1, 0.15) is 30.6 Å². The normalized spacial score (nSPS) is 15.8. The molecule has 2 aromatic rings. The largest absolute Gasteiger partial charge is 0.339 e. The summed E-state index contributed by atoms with van der Waals surface area (Å²) in [4.78, 5) is 53.3. The monoisotopic (exact) mass is 428 g/mol. The van der Waals surface area contributed by atoms with Gasteiger partial charge in [0, 0.05) is 45.0 Å². The average Bonchev–Trinajstić information content (AvgIpc) is 3.14. The number of aromatic nitrogens is 1. The van der Waals surface area contributed by atoms with Gasteiger partial charge in [0.2, 0.25) is 11.8 Å². The van der Waals surface area contributed by atoms with Crippen molar-refractivity contribution < 1.29 is 18.8 Å². The second kappa shape index (κ2) is 9.11. The van der Waals surface area contributed by atoms with Gasteiger partial charge in [-0.1, -0.05) is 0 Å². The number of amides is 3. The molecule has 0 radical (unpaired) electrons. The zero-order chi connectivity index (χ0) is 22.7. The highest BCUT2D eigenvalue weighted by Gasteiger charge is 2.35. The number of hydrogen-bond donors (Lipinski definition) is 1. The standard InChI is InChI=1S/C22H25FN4O4/c1-4-26(5-2)21(30)15-10-18(22(31)25(3)12-15)24-20(29)14-11-19(28)27(13-14)17-8-6-16(23)7-9-17/h6-10,12,14H,4-5,11,13H2,1-3H3,(H,24,29). The van der Waals surface area contributed by atoms with Crippen molar-refractivity contribution in [2.75, 3.05) is 29.9 Å². The van der Waals surface area contributed by atoms with Crippen molar-refractivity contribution in [2.24, 2.45) is 13.0 Å². The highest BCUT2D eigenvalue weighted by molar-refractivity contribution is 6.04. The maximum Gasteiger partial charge on any atom is 0.274 e. The number of nitrogens with zero attached hydrogens (tertiary/aromatic N) is 3. The molecule has 8 nitrogen and oxygen atoms in total. The van der Waals surface area contributed by atoms with Crippen molar-refractivity contribution in [1.82, 2.24) is 9.47 Å². The van der Waals surface area contributed by atoms with E-state index in [0.29, 0.717) is 18.8 Å². The lowest BCUT2D eigenvalue weighted by molar-refractivity contribution is -0.122. The Labute approximate surface area is 179 Å². The Kier molecular flexibility index (Phi) is 6.53. The second-order valence-corrected chi connectivity index (χ2v) is 7.41. The number of carbonyl (C=O) groups is 3. The molecule has 3 rings (SSSR count). The van der Waals surface area contributed by atoms with Crippen LogP contribution in [0.2, 0.25) is 0 Å². The summed E-state index contributed by atoms with van der Waals surface area (Å²) in [6, 6.07) is 6.82. The van der Waals surface area contributed by atoms with Gasteiger partial charge in [-0.3, -0.25) is 19.2 Å². The van der Waals surface area contributed by atoms with Gasteiger partial charge >= 0.3 is 0 Å². The molecule has 0 bridgehead atoms. The minimum absolute atomic E-state index is 0.0156. The fraction of sp³-hybridized carbons (Fsp3) is 0.364. The van der Waals surface area contributed by atoms with Gasteiger partial charge in [0.25, 0.3) is 11.5 Å². The number of halogens is 1. The first-order valence-electron chi connectivity index (χ1n) is 10.1. The van der Waals surface area contributed by atoms with Crippen molar-refractivity contribution in [3.8, 4) is 0 Å². The smallest absolute Gasteiger partial charge is 0.274 e. The van der Waals surface area contributed by atoms with Gasteiger partial charge in [0.15, 0.2) is 0 Å². The van der Waals surface area contributed by atoms with Crippen LogP contribution in [-0.4, -0.2) is 46.8 Å². The van der Waals surface area contributed by atoms with Crippen LogP contribution in [0, 0.1) is 11.7 Å². The van der Waals surface area contributed by atoms with Gasteiger partial charge in [-0.15, -0.1) is 0 Å². The summed E-state index contributed by atoms with van der Waals surface area (Å²) in [5, 5.41) is 2.58. The molecule has 164 valence electrons. The molecular weight excluding hydrogens is 403 g/mol. The maximum atomic E-state index is 13.1. The quantitative estimate of drug-likeness (QED) is 0.762. The number of benzene rings is 1. The van der Waals surface area contributed by atoms with E-state index in [4.69, 9.17) is 0 Å². The van der Waals surface area contributed by atoms with Crippen LogP contribution in [0.4, 0.5) is 15.8 Å². The molecule has 1 aliphatic heterocycles. The molecule has 1 saturated heterocycles. The SMILES string of the molecule is CCN(CC)C(=O)c1cc(NC(=O)C2CC(=O)N(c3ccc(F)cc3)C2)c(=O)n(C)c1. The van der Waals surface area contributed by atoms with Crippen LogP contribution in [0.15, 0.2) is 41.3 Å². The lowest BCUT2D eigenvalue weighted by Gasteiger charge is -2.20. The fourth-order valence-electron chi connectivity index (χ4n) is 3.60. The van der Waals surface area contributed by atoms with Gasteiger partial charge in [-0.25, -0.2) is 4.39 Å². The zero-order valence-electron chi connectivity index (χ0n) is 17.7. The summed E-state index contributed by atoms with van der Waals surface area (Å²) in [6.07, 6.45) is 1.41. The molecule has 1 aromatic heterocycles. The first kappa shape index (κ1) is 22.2. The van der Waals surface area contributed by atoms with E-state index in [1.54, 1.807) is 4.90 Å². The molecule has 0 aliphatic carbocycles. The van der Waals surface area contributed by atoms with Crippen molar-refractivity contribution in [3.05, 3.63) is 58.3 Å². The Balaban J connectivity index is 1.78. The highest BCUT2D eigenvalue weighted by Crippen LogP contribution is 2.26. The minimum Gasteiger partial charge on any atom is -0.339 e. The van der Waals surface area contributed by atoms with Crippen molar-refractivity contribution in [1.29, 1.82) is 0 Å². The molecule has 1 aromatic carbocycles. The lowest BCUT2D eigenvalue weighted by atomic mass is 10.1. The van der Waals surface area contributed by atoms with E-state index in [2.05, 4.69) is 5.32 Å². The van der Waals surface area contributed by atoms with Crippen LogP contribution in [0.3, 0.4) is 0 Å². The zero-order valence-corrected chi connectivity index (χ0v) is 17.7. The van der Waals surface area contributed by atoms with Crippen molar-refractivity contribution >= 4 is 29.1 Å². The van der Waals surface area contributed by atoms with Gasteiger partial charge < -0.3 is 19.7 Å². The molecule has 1 atom stereocenters. The Bertz CT molecular complexity index is 1060. The molecular formula is C22H25FN4O4. The number of rotatable bonds is 6. The van der Waals surface area contributed by atoms with Crippen LogP contribution in [-0.2, 0) is 16.6 Å². The molecule has 2 heterocycles. The minimum atomic E-state index is -0.676.